The van der Waals surface area contributed by atoms with E-state index in [1.165, 1.54) is 51.4 Å². The van der Waals surface area contributed by atoms with Crippen LogP contribution in [0.3, 0.4) is 0 Å². The maximum absolute atomic E-state index is 12.6. The van der Waals surface area contributed by atoms with Gasteiger partial charge in [-0.2, -0.15) is 0 Å². The first kappa shape index (κ1) is 16.0. The number of esters is 1. The molecule has 0 unspecified atom stereocenters. The highest BCUT2D eigenvalue weighted by Crippen LogP contribution is 2.72. The molecule has 23 heavy (non-hydrogen) atoms. The van der Waals surface area contributed by atoms with Gasteiger partial charge in [0.1, 0.15) is 0 Å². The summed E-state index contributed by atoms with van der Waals surface area (Å²) in [6.45, 7) is 7.25. The van der Waals surface area contributed by atoms with Gasteiger partial charge < -0.3 is 4.74 Å². The average Bonchev–Trinajstić information content (AvgIpc) is 2.75. The zero-order valence-electron chi connectivity index (χ0n) is 15.5. The van der Waals surface area contributed by atoms with Crippen molar-refractivity contribution in [2.75, 3.05) is 7.11 Å². The van der Waals surface area contributed by atoms with Crippen molar-refractivity contribution in [3.05, 3.63) is 0 Å². The highest BCUT2D eigenvalue weighted by Gasteiger charge is 2.65. The number of fused-ring (bicyclic) bond motifs is 3. The van der Waals surface area contributed by atoms with E-state index in [1.54, 1.807) is 7.11 Å². The Morgan fingerprint density at radius 3 is 2.52 bits per heavy atom. The summed E-state index contributed by atoms with van der Waals surface area (Å²) in [5, 5.41) is 0. The average molecular weight is 319 g/mol. The second kappa shape index (κ2) is 4.99. The van der Waals surface area contributed by atoms with Gasteiger partial charge in [-0.25, -0.2) is 0 Å². The van der Waals surface area contributed by atoms with Crippen LogP contribution in [0.4, 0.5) is 0 Å². The van der Waals surface area contributed by atoms with E-state index in [0.717, 1.165) is 24.2 Å². The Morgan fingerprint density at radius 2 is 1.78 bits per heavy atom. The summed E-state index contributed by atoms with van der Waals surface area (Å²) < 4.78 is 5.26. The molecule has 0 saturated heterocycles. The minimum atomic E-state index is -0.246. The van der Waals surface area contributed by atoms with Crippen molar-refractivity contribution in [2.24, 2.45) is 39.9 Å². The molecule has 0 N–H and O–H groups in total. The standard InChI is InChI=1S/C21H34O2/c1-14-12-21-11-8-16-19(2,17(21)7-6-15(14)13-21)9-5-10-20(16,3)18(22)23-4/h14-17H,5-13H2,1-4H3/t14-,15+,16-,17-,19+,20-,21+/m0/s1. The molecule has 4 aliphatic carbocycles. The first-order chi connectivity index (χ1) is 10.9. The second-order valence-electron chi connectivity index (χ2n) is 10.00. The quantitative estimate of drug-likeness (QED) is 0.620. The third kappa shape index (κ3) is 1.96. The van der Waals surface area contributed by atoms with Crippen LogP contribution in [0, 0.1) is 39.9 Å². The maximum atomic E-state index is 12.6. The summed E-state index contributed by atoms with van der Waals surface area (Å²) >= 11 is 0. The molecule has 0 heterocycles. The van der Waals surface area contributed by atoms with Gasteiger partial charge in [-0.1, -0.05) is 20.3 Å². The molecule has 1 spiro atoms. The van der Waals surface area contributed by atoms with Gasteiger partial charge in [0.05, 0.1) is 12.5 Å². The molecule has 2 nitrogen and oxygen atoms in total. The lowest BCUT2D eigenvalue weighted by Gasteiger charge is -2.63. The molecule has 4 saturated carbocycles. The van der Waals surface area contributed by atoms with Gasteiger partial charge in [-0.3, -0.25) is 4.79 Å². The summed E-state index contributed by atoms with van der Waals surface area (Å²) in [6, 6.07) is 0. The van der Waals surface area contributed by atoms with Gasteiger partial charge >= 0.3 is 5.97 Å². The van der Waals surface area contributed by atoms with Crippen LogP contribution in [0.2, 0.25) is 0 Å². The zero-order valence-corrected chi connectivity index (χ0v) is 15.5. The van der Waals surface area contributed by atoms with Crippen molar-refractivity contribution in [1.29, 1.82) is 0 Å². The summed E-state index contributed by atoms with van der Waals surface area (Å²) in [5.41, 5.74) is 0.723. The third-order valence-corrected chi connectivity index (χ3v) is 9.12. The molecule has 0 radical (unpaired) electrons. The Labute approximate surface area is 141 Å². The van der Waals surface area contributed by atoms with E-state index in [2.05, 4.69) is 20.8 Å². The lowest BCUT2D eigenvalue weighted by Crippen LogP contribution is -2.58. The lowest BCUT2D eigenvalue weighted by molar-refractivity contribution is -0.183. The van der Waals surface area contributed by atoms with E-state index in [4.69, 9.17) is 4.74 Å². The summed E-state index contributed by atoms with van der Waals surface area (Å²) in [5.74, 6) is 3.34. The van der Waals surface area contributed by atoms with E-state index in [0.29, 0.717) is 16.7 Å². The minimum absolute atomic E-state index is 0.0536. The Morgan fingerprint density at radius 1 is 1.00 bits per heavy atom. The Hall–Kier alpha value is -0.530. The van der Waals surface area contributed by atoms with E-state index in [9.17, 15) is 4.79 Å². The second-order valence-corrected chi connectivity index (χ2v) is 10.00. The Balaban J connectivity index is 1.72. The number of ether oxygens (including phenoxy) is 1. The minimum Gasteiger partial charge on any atom is -0.469 e. The smallest absolute Gasteiger partial charge is 0.311 e. The molecule has 2 heteroatoms. The molecule has 0 aromatic carbocycles. The molecule has 7 atom stereocenters. The summed E-state index contributed by atoms with van der Waals surface area (Å²) in [6.07, 6.45) is 12.0. The zero-order chi connectivity index (χ0) is 16.5. The molecular weight excluding hydrogens is 284 g/mol. The van der Waals surface area contributed by atoms with Crippen LogP contribution in [-0.2, 0) is 9.53 Å². The van der Waals surface area contributed by atoms with Crippen molar-refractivity contribution in [3.63, 3.8) is 0 Å². The van der Waals surface area contributed by atoms with E-state index in [1.807, 2.05) is 0 Å². The van der Waals surface area contributed by atoms with Gasteiger partial charge in [0, 0.05) is 0 Å². The molecule has 0 aromatic heterocycles. The Bertz CT molecular complexity index is 510. The van der Waals surface area contributed by atoms with Crippen LogP contribution >= 0.6 is 0 Å². The van der Waals surface area contributed by atoms with Crippen LogP contribution in [0.5, 0.6) is 0 Å². The largest absolute Gasteiger partial charge is 0.469 e. The molecule has 0 amide bonds. The lowest BCUT2D eigenvalue weighted by atomic mass is 9.41. The van der Waals surface area contributed by atoms with Gasteiger partial charge in [-0.15, -0.1) is 0 Å². The van der Waals surface area contributed by atoms with E-state index >= 15 is 0 Å². The fourth-order valence-electron chi connectivity index (χ4n) is 8.27. The van der Waals surface area contributed by atoms with Gasteiger partial charge in [0.25, 0.3) is 0 Å². The van der Waals surface area contributed by atoms with Crippen molar-refractivity contribution in [3.8, 4) is 0 Å². The van der Waals surface area contributed by atoms with E-state index in [-0.39, 0.29) is 11.4 Å². The predicted molar refractivity (Wildman–Crippen MR) is 91.9 cm³/mol. The molecule has 2 bridgehead atoms. The maximum Gasteiger partial charge on any atom is 0.311 e. The Kier molecular flexibility index (Phi) is 3.46. The van der Waals surface area contributed by atoms with Crippen LogP contribution < -0.4 is 0 Å². The molecule has 4 fully saturated rings. The van der Waals surface area contributed by atoms with Crippen LogP contribution in [-0.4, -0.2) is 13.1 Å². The van der Waals surface area contributed by atoms with Crippen LogP contribution in [0.15, 0.2) is 0 Å². The monoisotopic (exact) mass is 318 g/mol. The molecule has 130 valence electrons. The normalized spacial score (nSPS) is 55.0. The SMILES string of the molecule is COC(=O)[C@@]1(C)CCC[C@@]2(C)[C@@H]3CC[C@@H]4C[C@@]3(CC[C@@H]21)C[C@@H]4C. The number of carbonyl (C=O) groups is 1. The number of hydrogen-bond donors (Lipinski definition) is 0. The van der Waals surface area contributed by atoms with E-state index < -0.39 is 0 Å². The predicted octanol–water partition coefficient (Wildman–Crippen LogP) is 5.21. The van der Waals surface area contributed by atoms with Crippen molar-refractivity contribution in [2.45, 2.75) is 78.6 Å². The first-order valence-corrected chi connectivity index (χ1v) is 9.94. The fourth-order valence-corrected chi connectivity index (χ4v) is 8.27. The molecular formula is C21H34O2. The van der Waals surface area contributed by atoms with Crippen LogP contribution in [0.25, 0.3) is 0 Å². The summed E-state index contributed by atoms with van der Waals surface area (Å²) in [4.78, 5) is 12.6. The summed E-state index contributed by atoms with van der Waals surface area (Å²) in [7, 11) is 1.58. The topological polar surface area (TPSA) is 26.3 Å². The highest BCUT2D eigenvalue weighted by atomic mass is 16.5. The highest BCUT2D eigenvalue weighted by molar-refractivity contribution is 5.77. The van der Waals surface area contributed by atoms with Gasteiger partial charge in [-0.05, 0) is 92.8 Å². The molecule has 0 aromatic rings. The first-order valence-electron chi connectivity index (χ1n) is 9.94. The van der Waals surface area contributed by atoms with Crippen LogP contribution in [0.1, 0.15) is 78.6 Å². The fraction of sp³-hybridized carbons (Fsp3) is 0.952. The van der Waals surface area contributed by atoms with Crippen molar-refractivity contribution < 1.29 is 9.53 Å². The molecule has 4 rings (SSSR count). The number of rotatable bonds is 1. The van der Waals surface area contributed by atoms with Crippen molar-refractivity contribution >= 4 is 5.97 Å². The molecule has 4 aliphatic rings. The van der Waals surface area contributed by atoms with Gasteiger partial charge in [0.2, 0.25) is 0 Å². The number of carbonyl (C=O) groups excluding carboxylic acids is 1. The van der Waals surface area contributed by atoms with Gasteiger partial charge in [0.15, 0.2) is 0 Å². The number of methoxy groups -OCH3 is 1. The van der Waals surface area contributed by atoms with Crippen molar-refractivity contribution in [1.82, 2.24) is 0 Å². The third-order valence-electron chi connectivity index (χ3n) is 9.12. The molecule has 0 aliphatic heterocycles. The number of hydrogen-bond acceptors (Lipinski definition) is 2.